The second kappa shape index (κ2) is 4.14. The minimum atomic E-state index is -1.90. The van der Waals surface area contributed by atoms with Gasteiger partial charge in [0.15, 0.2) is 5.60 Å². The smallest absolute Gasteiger partial charge is 0.269 e. The van der Waals surface area contributed by atoms with Crippen molar-refractivity contribution < 1.29 is 14.8 Å². The fourth-order valence-electron chi connectivity index (χ4n) is 2.36. The molecule has 0 saturated heterocycles. The fourth-order valence-corrected chi connectivity index (χ4v) is 2.36. The summed E-state index contributed by atoms with van der Waals surface area (Å²) in [6, 6.07) is 12.3. The molecule has 2 aromatic carbocycles. The van der Waals surface area contributed by atoms with E-state index in [2.05, 4.69) is 5.32 Å². The molecule has 20 heavy (non-hydrogen) atoms. The zero-order chi connectivity index (χ0) is 14.3. The molecule has 0 unspecified atom stereocenters. The molecular weight excluding hydrogens is 260 g/mol. The van der Waals surface area contributed by atoms with Gasteiger partial charge in [-0.3, -0.25) is 14.9 Å². The predicted molar refractivity (Wildman–Crippen MR) is 71.2 cm³/mol. The molecule has 6 heteroatoms. The van der Waals surface area contributed by atoms with E-state index in [4.69, 9.17) is 0 Å². The van der Waals surface area contributed by atoms with Crippen molar-refractivity contribution >= 4 is 17.3 Å². The number of nitro groups is 1. The number of benzene rings is 2. The minimum Gasteiger partial charge on any atom is -0.372 e. The molecule has 0 spiro atoms. The molecule has 100 valence electrons. The number of aliphatic hydroxyl groups is 1. The molecule has 0 bridgehead atoms. The zero-order valence-electron chi connectivity index (χ0n) is 10.2. The van der Waals surface area contributed by atoms with Gasteiger partial charge < -0.3 is 10.4 Å². The summed E-state index contributed by atoms with van der Waals surface area (Å²) in [5, 5.41) is 24.1. The Kier molecular flexibility index (Phi) is 2.55. The van der Waals surface area contributed by atoms with E-state index in [9.17, 15) is 20.0 Å². The van der Waals surface area contributed by atoms with E-state index < -0.39 is 16.4 Å². The maximum Gasteiger partial charge on any atom is 0.269 e. The highest BCUT2D eigenvalue weighted by Gasteiger charge is 2.47. The monoisotopic (exact) mass is 270 g/mol. The number of fused-ring (bicyclic) bond motifs is 1. The van der Waals surface area contributed by atoms with Gasteiger partial charge in [-0.1, -0.05) is 30.3 Å². The number of anilines is 1. The van der Waals surface area contributed by atoms with Crippen molar-refractivity contribution in [3.05, 3.63) is 69.8 Å². The Morgan fingerprint density at radius 2 is 1.85 bits per heavy atom. The summed E-state index contributed by atoms with van der Waals surface area (Å²) in [6.07, 6.45) is 0. The molecule has 3 rings (SSSR count). The quantitative estimate of drug-likeness (QED) is 0.642. The molecule has 1 aliphatic heterocycles. The van der Waals surface area contributed by atoms with Crippen molar-refractivity contribution in [1.82, 2.24) is 0 Å². The first-order valence-electron chi connectivity index (χ1n) is 5.92. The van der Waals surface area contributed by atoms with E-state index in [-0.39, 0.29) is 11.3 Å². The third-order valence-corrected chi connectivity index (χ3v) is 3.37. The van der Waals surface area contributed by atoms with Crippen LogP contribution in [0.3, 0.4) is 0 Å². The van der Waals surface area contributed by atoms with Gasteiger partial charge in [0.25, 0.3) is 11.6 Å². The van der Waals surface area contributed by atoms with E-state index >= 15 is 0 Å². The Labute approximate surface area is 113 Å². The number of amides is 1. The normalized spacial score (nSPS) is 20.4. The molecule has 2 N–H and O–H groups in total. The highest BCUT2D eigenvalue weighted by molar-refractivity contribution is 6.07. The lowest BCUT2D eigenvalue weighted by Crippen LogP contribution is -2.35. The summed E-state index contributed by atoms with van der Waals surface area (Å²) < 4.78 is 0. The first kappa shape index (κ1) is 12.3. The zero-order valence-corrected chi connectivity index (χ0v) is 10.2. The third-order valence-electron chi connectivity index (χ3n) is 3.37. The first-order valence-corrected chi connectivity index (χ1v) is 5.92. The lowest BCUT2D eigenvalue weighted by atomic mass is 9.87. The van der Waals surface area contributed by atoms with Crippen molar-refractivity contribution in [2.45, 2.75) is 5.60 Å². The molecular formula is C14H10N2O4. The minimum absolute atomic E-state index is 0.172. The van der Waals surface area contributed by atoms with Crippen molar-refractivity contribution in [3.63, 3.8) is 0 Å². The highest BCUT2D eigenvalue weighted by Crippen LogP contribution is 2.42. The predicted octanol–water partition coefficient (Wildman–Crippen LogP) is 1.78. The average molecular weight is 270 g/mol. The summed E-state index contributed by atoms with van der Waals surface area (Å²) in [7, 11) is 0. The standard InChI is InChI=1S/C14H10N2O4/c17-13-14(18,9-4-2-1-3-5-9)11-8-10(16(19)20)6-7-12(11)15-13/h1-8,18H,(H,15,17)/t14-/m1/s1. The van der Waals surface area contributed by atoms with Crippen LogP contribution in [0, 0.1) is 10.1 Å². The van der Waals surface area contributed by atoms with Gasteiger partial charge in [-0.05, 0) is 11.6 Å². The van der Waals surface area contributed by atoms with Crippen molar-refractivity contribution in [3.8, 4) is 0 Å². The van der Waals surface area contributed by atoms with E-state index in [1.54, 1.807) is 30.3 Å². The van der Waals surface area contributed by atoms with E-state index in [1.807, 2.05) is 0 Å². The second-order valence-corrected chi connectivity index (χ2v) is 4.52. The number of non-ortho nitro benzene ring substituents is 1. The van der Waals surface area contributed by atoms with Crippen LogP contribution in [0.1, 0.15) is 11.1 Å². The van der Waals surface area contributed by atoms with E-state index in [0.717, 1.165) is 0 Å². The Morgan fingerprint density at radius 1 is 1.15 bits per heavy atom. The van der Waals surface area contributed by atoms with Crippen LogP contribution in [-0.4, -0.2) is 15.9 Å². The van der Waals surface area contributed by atoms with Crippen LogP contribution >= 0.6 is 0 Å². The van der Waals surface area contributed by atoms with Crippen LogP contribution in [0.2, 0.25) is 0 Å². The Balaban J connectivity index is 2.23. The molecule has 0 radical (unpaired) electrons. The summed E-state index contributed by atoms with van der Waals surface area (Å²) in [5.74, 6) is -0.612. The highest BCUT2D eigenvalue weighted by atomic mass is 16.6. The third kappa shape index (κ3) is 1.59. The van der Waals surface area contributed by atoms with Gasteiger partial charge >= 0.3 is 0 Å². The van der Waals surface area contributed by atoms with Crippen LogP contribution in [0.4, 0.5) is 11.4 Å². The van der Waals surface area contributed by atoms with Crippen LogP contribution in [0.5, 0.6) is 0 Å². The topological polar surface area (TPSA) is 92.5 Å². The van der Waals surface area contributed by atoms with Gasteiger partial charge in [0.05, 0.1) is 4.92 Å². The summed E-state index contributed by atoms with van der Waals surface area (Å²) in [5.41, 5.74) is -1.12. The van der Waals surface area contributed by atoms with Gasteiger partial charge in [-0.15, -0.1) is 0 Å². The van der Waals surface area contributed by atoms with Crippen LogP contribution in [-0.2, 0) is 10.4 Å². The van der Waals surface area contributed by atoms with Crippen LogP contribution in [0.25, 0.3) is 0 Å². The lowest BCUT2D eigenvalue weighted by molar-refractivity contribution is -0.385. The van der Waals surface area contributed by atoms with Gasteiger partial charge in [-0.2, -0.15) is 0 Å². The SMILES string of the molecule is O=C1Nc2ccc([N+](=O)[O-])cc2[C@]1(O)c1ccccc1. The molecule has 6 nitrogen and oxygen atoms in total. The van der Waals surface area contributed by atoms with Crippen LogP contribution < -0.4 is 5.32 Å². The van der Waals surface area contributed by atoms with Crippen molar-refractivity contribution in [2.24, 2.45) is 0 Å². The first-order chi connectivity index (χ1) is 9.53. The number of nitrogens with one attached hydrogen (secondary N) is 1. The maximum atomic E-state index is 12.1. The summed E-state index contributed by atoms with van der Waals surface area (Å²) in [6.45, 7) is 0. The molecule has 1 heterocycles. The second-order valence-electron chi connectivity index (χ2n) is 4.52. The number of nitrogens with zero attached hydrogens (tertiary/aromatic N) is 1. The molecule has 0 saturated carbocycles. The van der Waals surface area contributed by atoms with Crippen LogP contribution in [0.15, 0.2) is 48.5 Å². The Hall–Kier alpha value is -2.73. The number of rotatable bonds is 2. The fraction of sp³-hybridized carbons (Fsp3) is 0.0714. The van der Waals surface area contributed by atoms with Crippen molar-refractivity contribution in [1.29, 1.82) is 0 Å². The van der Waals surface area contributed by atoms with Crippen molar-refractivity contribution in [2.75, 3.05) is 5.32 Å². The number of hydrogen-bond acceptors (Lipinski definition) is 4. The molecule has 2 aromatic rings. The number of carbonyl (C=O) groups excluding carboxylic acids is 1. The van der Waals surface area contributed by atoms with Gasteiger partial charge in [-0.25, -0.2) is 0 Å². The van der Waals surface area contributed by atoms with E-state index in [0.29, 0.717) is 11.3 Å². The summed E-state index contributed by atoms with van der Waals surface area (Å²) >= 11 is 0. The number of hydrogen-bond donors (Lipinski definition) is 2. The molecule has 0 aromatic heterocycles. The lowest BCUT2D eigenvalue weighted by Gasteiger charge is -2.21. The largest absolute Gasteiger partial charge is 0.372 e. The van der Waals surface area contributed by atoms with E-state index in [1.165, 1.54) is 18.2 Å². The van der Waals surface area contributed by atoms with Gasteiger partial charge in [0.1, 0.15) is 0 Å². The van der Waals surface area contributed by atoms with Gasteiger partial charge in [0.2, 0.25) is 0 Å². The molecule has 1 aliphatic rings. The van der Waals surface area contributed by atoms with Gasteiger partial charge in [0, 0.05) is 23.4 Å². The molecule has 0 fully saturated rings. The number of nitro benzene ring substituents is 1. The molecule has 1 atom stereocenters. The Morgan fingerprint density at radius 3 is 2.50 bits per heavy atom. The maximum absolute atomic E-state index is 12.1. The number of carbonyl (C=O) groups is 1. The molecule has 0 aliphatic carbocycles. The Bertz CT molecular complexity index is 714. The average Bonchev–Trinajstić information content (AvgIpc) is 2.72. The summed E-state index contributed by atoms with van der Waals surface area (Å²) in [4.78, 5) is 22.4. The molecule has 1 amide bonds.